The number of hydrogen-bond acceptors (Lipinski definition) is 6. The fourth-order valence-electron chi connectivity index (χ4n) is 5.57. The fourth-order valence-corrected chi connectivity index (χ4v) is 5.57. The van der Waals surface area contributed by atoms with Gasteiger partial charge in [0.15, 0.2) is 5.82 Å². The van der Waals surface area contributed by atoms with Crippen LogP contribution in [0.15, 0.2) is 101 Å². The molecule has 0 atom stereocenters. The van der Waals surface area contributed by atoms with Crippen molar-refractivity contribution < 1.29 is 9.66 Å². The zero-order valence-corrected chi connectivity index (χ0v) is 24.9. The summed E-state index contributed by atoms with van der Waals surface area (Å²) >= 11 is 0. The molecule has 0 saturated heterocycles. The van der Waals surface area contributed by atoms with Gasteiger partial charge in [-0.2, -0.15) is 9.78 Å². The van der Waals surface area contributed by atoms with Crippen LogP contribution in [0, 0.1) is 17.0 Å². The van der Waals surface area contributed by atoms with Crippen molar-refractivity contribution in [3.63, 3.8) is 0 Å². The topological polar surface area (TPSA) is 105 Å². The maximum Gasteiger partial charge on any atom is 0.282 e. The third kappa shape index (κ3) is 5.24. The predicted octanol–water partition coefficient (Wildman–Crippen LogP) is 7.30. The summed E-state index contributed by atoms with van der Waals surface area (Å²) in [7, 11) is 1.66. The number of rotatable bonds is 8. The minimum absolute atomic E-state index is 0.0471. The lowest BCUT2D eigenvalue weighted by Crippen LogP contribution is -2.20. The van der Waals surface area contributed by atoms with Crippen molar-refractivity contribution in [1.82, 2.24) is 14.2 Å². The van der Waals surface area contributed by atoms with Crippen LogP contribution in [-0.2, 0) is 6.54 Å². The first kappa shape index (κ1) is 28.5. The molecule has 9 heteroatoms. The van der Waals surface area contributed by atoms with E-state index in [-0.39, 0.29) is 17.2 Å². The Morgan fingerprint density at radius 1 is 1.00 bits per heavy atom. The molecular formula is C35H31N5O4. The first-order chi connectivity index (χ1) is 21.2. The average Bonchev–Trinajstić information content (AvgIpc) is 3.37. The highest BCUT2D eigenvalue weighted by Gasteiger charge is 2.19. The van der Waals surface area contributed by atoms with Crippen molar-refractivity contribution in [3.8, 4) is 17.1 Å². The van der Waals surface area contributed by atoms with Crippen molar-refractivity contribution in [2.24, 2.45) is 5.10 Å². The molecule has 44 heavy (non-hydrogen) atoms. The van der Waals surface area contributed by atoms with E-state index in [9.17, 15) is 14.9 Å². The average molecular weight is 586 g/mol. The summed E-state index contributed by atoms with van der Waals surface area (Å²) < 4.78 is 9.06. The number of hydrogen-bond donors (Lipinski definition) is 0. The van der Waals surface area contributed by atoms with E-state index in [1.807, 2.05) is 78.4 Å². The zero-order valence-electron chi connectivity index (χ0n) is 24.9. The van der Waals surface area contributed by atoms with E-state index < -0.39 is 4.92 Å². The SMILES string of the molecule is COc1cc(C)c(-c2nc3ccccc3c(=O)n2N=Cc2cn(Cc3cccc([N+](=O)[O-])c3)c3ccccc23)cc1C(C)C. The Labute approximate surface area is 253 Å². The molecule has 2 aromatic heterocycles. The number of aromatic nitrogens is 3. The van der Waals surface area contributed by atoms with Gasteiger partial charge in [-0.05, 0) is 59.9 Å². The smallest absolute Gasteiger partial charge is 0.282 e. The third-order valence-corrected chi connectivity index (χ3v) is 7.80. The fraction of sp³-hybridized carbons (Fsp3) is 0.171. The van der Waals surface area contributed by atoms with Gasteiger partial charge in [-0.3, -0.25) is 14.9 Å². The highest BCUT2D eigenvalue weighted by Crippen LogP contribution is 2.34. The zero-order chi connectivity index (χ0) is 31.0. The van der Waals surface area contributed by atoms with Gasteiger partial charge in [0, 0.05) is 46.9 Å². The minimum atomic E-state index is -0.392. The molecule has 2 heterocycles. The molecule has 220 valence electrons. The van der Waals surface area contributed by atoms with Crippen molar-refractivity contribution in [2.75, 3.05) is 7.11 Å². The van der Waals surface area contributed by atoms with Crippen molar-refractivity contribution in [3.05, 3.63) is 134 Å². The Balaban J connectivity index is 1.50. The van der Waals surface area contributed by atoms with Crippen molar-refractivity contribution >= 4 is 33.7 Å². The number of benzene rings is 4. The highest BCUT2D eigenvalue weighted by molar-refractivity contribution is 5.99. The summed E-state index contributed by atoms with van der Waals surface area (Å²) in [5.74, 6) is 1.41. The van der Waals surface area contributed by atoms with Crippen LogP contribution >= 0.6 is 0 Å². The lowest BCUT2D eigenvalue weighted by Gasteiger charge is -2.17. The summed E-state index contributed by atoms with van der Waals surface area (Å²) in [5.41, 5.74) is 5.62. The molecule has 0 bridgehead atoms. The number of fused-ring (bicyclic) bond motifs is 2. The first-order valence-electron chi connectivity index (χ1n) is 14.3. The molecule has 0 aliphatic rings. The molecule has 0 N–H and O–H groups in total. The Morgan fingerprint density at radius 2 is 1.75 bits per heavy atom. The lowest BCUT2D eigenvalue weighted by molar-refractivity contribution is -0.384. The van der Waals surface area contributed by atoms with E-state index in [4.69, 9.17) is 14.8 Å². The Bertz CT molecular complexity index is 2140. The van der Waals surface area contributed by atoms with Gasteiger partial charge in [-0.1, -0.05) is 56.3 Å². The number of para-hydroxylation sites is 2. The maximum absolute atomic E-state index is 13.9. The number of aryl methyl sites for hydroxylation is 1. The number of methoxy groups -OCH3 is 1. The van der Waals surface area contributed by atoms with Gasteiger partial charge in [0.1, 0.15) is 5.75 Å². The monoisotopic (exact) mass is 585 g/mol. The quantitative estimate of drug-likeness (QED) is 0.106. The van der Waals surface area contributed by atoms with Crippen molar-refractivity contribution in [1.29, 1.82) is 0 Å². The molecule has 6 aromatic rings. The van der Waals surface area contributed by atoms with E-state index >= 15 is 0 Å². The van der Waals surface area contributed by atoms with Crippen LogP contribution in [0.25, 0.3) is 33.2 Å². The van der Waals surface area contributed by atoms with E-state index in [0.29, 0.717) is 23.3 Å². The first-order valence-corrected chi connectivity index (χ1v) is 14.3. The minimum Gasteiger partial charge on any atom is -0.496 e. The Kier molecular flexibility index (Phi) is 7.53. The van der Waals surface area contributed by atoms with Crippen LogP contribution < -0.4 is 10.3 Å². The third-order valence-electron chi connectivity index (χ3n) is 7.80. The summed E-state index contributed by atoms with van der Waals surface area (Å²) in [6.45, 7) is 6.60. The highest BCUT2D eigenvalue weighted by atomic mass is 16.6. The molecule has 0 fully saturated rings. The molecule has 6 rings (SSSR count). The summed E-state index contributed by atoms with van der Waals surface area (Å²) in [6, 6.07) is 25.8. The Hall–Kier alpha value is -5.57. The van der Waals surface area contributed by atoms with Gasteiger partial charge >= 0.3 is 0 Å². The van der Waals surface area contributed by atoms with Crippen LogP contribution in [0.1, 0.15) is 42.0 Å². The molecule has 0 aliphatic carbocycles. The second-order valence-electron chi connectivity index (χ2n) is 11.0. The molecule has 4 aromatic carbocycles. The molecule has 0 radical (unpaired) electrons. The van der Waals surface area contributed by atoms with Gasteiger partial charge in [-0.25, -0.2) is 4.98 Å². The van der Waals surface area contributed by atoms with E-state index in [0.717, 1.165) is 44.5 Å². The summed E-state index contributed by atoms with van der Waals surface area (Å²) in [6.07, 6.45) is 3.62. The number of nitro benzene ring substituents is 1. The second kappa shape index (κ2) is 11.6. The van der Waals surface area contributed by atoms with E-state index in [1.165, 1.54) is 10.7 Å². The molecule has 0 aliphatic heterocycles. The van der Waals surface area contributed by atoms with Gasteiger partial charge in [0.05, 0.1) is 29.2 Å². The number of non-ortho nitro benzene ring substituents is 1. The molecule has 0 saturated carbocycles. The molecule has 9 nitrogen and oxygen atoms in total. The lowest BCUT2D eigenvalue weighted by atomic mass is 9.96. The number of nitrogens with zero attached hydrogens (tertiary/aromatic N) is 5. The van der Waals surface area contributed by atoms with Gasteiger partial charge in [0.25, 0.3) is 11.2 Å². The van der Waals surface area contributed by atoms with E-state index in [2.05, 4.69) is 13.8 Å². The largest absolute Gasteiger partial charge is 0.496 e. The molecule has 0 amide bonds. The normalized spacial score (nSPS) is 11.7. The summed E-state index contributed by atoms with van der Waals surface area (Å²) in [4.78, 5) is 29.8. The second-order valence-corrected chi connectivity index (χ2v) is 11.0. The van der Waals surface area contributed by atoms with Crippen molar-refractivity contribution in [2.45, 2.75) is 33.2 Å². The molecule has 0 unspecified atom stereocenters. The van der Waals surface area contributed by atoms with Gasteiger partial charge < -0.3 is 9.30 Å². The van der Waals surface area contributed by atoms with Crippen LogP contribution in [0.2, 0.25) is 0 Å². The van der Waals surface area contributed by atoms with Gasteiger partial charge in [0.2, 0.25) is 0 Å². The number of ether oxygens (including phenoxy) is 1. The van der Waals surface area contributed by atoms with Crippen LogP contribution in [-0.4, -0.2) is 32.5 Å². The predicted molar refractivity (Wildman–Crippen MR) is 174 cm³/mol. The van der Waals surface area contributed by atoms with Crippen LogP contribution in [0.4, 0.5) is 5.69 Å². The standard InChI is InChI=1S/C35H31N5O4/c1-22(2)29-18-30(23(3)16-33(29)44-4)34-37-31-14-7-5-13-28(31)35(41)39(34)36-19-25-21-38(32-15-8-6-12-27(25)32)20-24-10-9-11-26(17-24)40(42)43/h5-19,21-22H,20H2,1-4H3. The number of nitro groups is 1. The van der Waals surface area contributed by atoms with Crippen LogP contribution in [0.5, 0.6) is 5.75 Å². The summed E-state index contributed by atoms with van der Waals surface area (Å²) in [5, 5.41) is 17.5. The molecule has 0 spiro atoms. The van der Waals surface area contributed by atoms with Crippen LogP contribution in [0.3, 0.4) is 0 Å². The van der Waals surface area contributed by atoms with E-state index in [1.54, 1.807) is 31.5 Å². The van der Waals surface area contributed by atoms with Gasteiger partial charge in [-0.15, -0.1) is 0 Å². The Morgan fingerprint density at radius 3 is 2.50 bits per heavy atom. The maximum atomic E-state index is 13.9. The molecular weight excluding hydrogens is 554 g/mol.